The fourth-order valence-electron chi connectivity index (χ4n) is 2.42. The Balaban J connectivity index is 1.99. The lowest BCUT2D eigenvalue weighted by atomic mass is 9.96. The fraction of sp³-hybridized carbons (Fsp3) is 0.125. The topological polar surface area (TPSA) is 49.4 Å². The predicted octanol–water partition coefficient (Wildman–Crippen LogP) is 2.67. The Morgan fingerprint density at radius 1 is 1.00 bits per heavy atom. The molecule has 0 saturated carbocycles. The number of halogens is 1. The first-order valence-corrected chi connectivity index (χ1v) is 6.60. The number of amides is 3. The van der Waals surface area contributed by atoms with Crippen LogP contribution in [0.15, 0.2) is 54.6 Å². The third-order valence-electron chi connectivity index (χ3n) is 3.47. The molecule has 2 aromatic rings. The number of nitrogens with one attached hydrogen (secondary N) is 1. The molecule has 21 heavy (non-hydrogen) atoms. The van der Waals surface area contributed by atoms with Crippen molar-refractivity contribution in [3.05, 3.63) is 66.0 Å². The number of nitrogens with zero attached hydrogens (tertiary/aromatic N) is 1. The molecule has 1 aliphatic heterocycles. The maximum atomic E-state index is 13.9. The largest absolute Gasteiger partial charge is 0.336 e. The summed E-state index contributed by atoms with van der Waals surface area (Å²) in [6.45, 7) is 0.215. The first kappa shape index (κ1) is 13.3. The molecule has 0 aromatic heterocycles. The van der Waals surface area contributed by atoms with Crippen molar-refractivity contribution in [2.45, 2.75) is 5.92 Å². The van der Waals surface area contributed by atoms with Crippen molar-refractivity contribution >= 4 is 17.6 Å². The van der Waals surface area contributed by atoms with E-state index in [1.807, 2.05) is 30.3 Å². The number of benzene rings is 2. The minimum Gasteiger partial charge on any atom is -0.336 e. The Kier molecular flexibility index (Phi) is 3.39. The van der Waals surface area contributed by atoms with Gasteiger partial charge in [-0.25, -0.2) is 14.1 Å². The third-order valence-corrected chi connectivity index (χ3v) is 3.47. The summed E-state index contributed by atoms with van der Waals surface area (Å²) < 4.78 is 13.9. The number of carbonyl (C=O) groups is 2. The van der Waals surface area contributed by atoms with Gasteiger partial charge in [-0.05, 0) is 17.7 Å². The van der Waals surface area contributed by atoms with Crippen LogP contribution in [0.25, 0.3) is 0 Å². The van der Waals surface area contributed by atoms with Gasteiger partial charge in [0, 0.05) is 6.54 Å². The number of urea groups is 1. The maximum absolute atomic E-state index is 13.9. The maximum Gasteiger partial charge on any atom is 0.328 e. The van der Waals surface area contributed by atoms with Crippen LogP contribution in [0.3, 0.4) is 0 Å². The number of hydrogen-bond donors (Lipinski definition) is 1. The van der Waals surface area contributed by atoms with E-state index in [4.69, 9.17) is 0 Å². The molecular formula is C16H13FN2O2. The molecule has 1 aliphatic rings. The zero-order valence-corrected chi connectivity index (χ0v) is 11.1. The van der Waals surface area contributed by atoms with Crippen molar-refractivity contribution < 1.29 is 14.0 Å². The van der Waals surface area contributed by atoms with Crippen molar-refractivity contribution in [2.75, 3.05) is 11.4 Å². The molecule has 3 rings (SSSR count). The standard InChI is InChI=1S/C16H13FN2O2/c17-13-8-4-5-9-14(13)19-15(20)12(10-18-16(19)21)11-6-2-1-3-7-11/h1-9,12H,10H2,(H,18,21). The van der Waals surface area contributed by atoms with Gasteiger partial charge in [-0.3, -0.25) is 4.79 Å². The second kappa shape index (κ2) is 5.36. The van der Waals surface area contributed by atoms with Crippen molar-refractivity contribution in [3.63, 3.8) is 0 Å². The highest BCUT2D eigenvalue weighted by molar-refractivity contribution is 6.18. The molecular weight excluding hydrogens is 271 g/mol. The summed E-state index contributed by atoms with van der Waals surface area (Å²) in [6, 6.07) is 14.3. The molecule has 1 fully saturated rings. The van der Waals surface area contributed by atoms with Gasteiger partial charge in [0.25, 0.3) is 0 Å². The molecule has 5 heteroatoms. The van der Waals surface area contributed by atoms with E-state index in [0.29, 0.717) is 0 Å². The number of rotatable bonds is 2. The number of hydrogen-bond acceptors (Lipinski definition) is 2. The Hall–Kier alpha value is -2.69. The second-order valence-electron chi connectivity index (χ2n) is 4.77. The average Bonchev–Trinajstić information content (AvgIpc) is 2.50. The van der Waals surface area contributed by atoms with Crippen LogP contribution in [0.1, 0.15) is 11.5 Å². The Morgan fingerprint density at radius 3 is 2.38 bits per heavy atom. The Bertz CT molecular complexity index is 688. The van der Waals surface area contributed by atoms with Crippen LogP contribution in [-0.4, -0.2) is 18.5 Å². The zero-order valence-electron chi connectivity index (χ0n) is 11.1. The first-order valence-electron chi connectivity index (χ1n) is 6.60. The van der Waals surface area contributed by atoms with Crippen molar-refractivity contribution in [1.29, 1.82) is 0 Å². The van der Waals surface area contributed by atoms with Gasteiger partial charge in [0.05, 0.1) is 11.6 Å². The van der Waals surface area contributed by atoms with E-state index < -0.39 is 23.7 Å². The summed E-state index contributed by atoms with van der Waals surface area (Å²) in [5, 5.41) is 2.64. The van der Waals surface area contributed by atoms with E-state index in [-0.39, 0.29) is 12.2 Å². The molecule has 0 bridgehead atoms. The summed E-state index contributed by atoms with van der Waals surface area (Å²) in [6.07, 6.45) is 0. The van der Waals surface area contributed by atoms with Crippen LogP contribution >= 0.6 is 0 Å². The van der Waals surface area contributed by atoms with Crippen molar-refractivity contribution in [3.8, 4) is 0 Å². The van der Waals surface area contributed by atoms with Crippen LogP contribution in [0.5, 0.6) is 0 Å². The first-order chi connectivity index (χ1) is 10.2. The quantitative estimate of drug-likeness (QED) is 0.921. The van der Waals surface area contributed by atoms with Crippen molar-refractivity contribution in [1.82, 2.24) is 5.32 Å². The monoisotopic (exact) mass is 284 g/mol. The molecule has 2 aromatic carbocycles. The minimum atomic E-state index is -0.602. The second-order valence-corrected chi connectivity index (χ2v) is 4.77. The molecule has 1 N–H and O–H groups in total. The summed E-state index contributed by atoms with van der Waals surface area (Å²) in [5.74, 6) is -1.53. The number of carbonyl (C=O) groups excluding carboxylic acids is 2. The van der Waals surface area contributed by atoms with Gasteiger partial charge in [-0.1, -0.05) is 42.5 Å². The molecule has 1 saturated heterocycles. The molecule has 0 radical (unpaired) electrons. The zero-order chi connectivity index (χ0) is 14.8. The highest BCUT2D eigenvalue weighted by Gasteiger charge is 2.37. The Labute approximate surface area is 121 Å². The predicted molar refractivity (Wildman–Crippen MR) is 76.5 cm³/mol. The fourth-order valence-corrected chi connectivity index (χ4v) is 2.42. The molecule has 1 atom stereocenters. The average molecular weight is 284 g/mol. The molecule has 4 nitrogen and oxygen atoms in total. The lowest BCUT2D eigenvalue weighted by Gasteiger charge is -2.31. The van der Waals surface area contributed by atoms with E-state index in [2.05, 4.69) is 5.32 Å². The van der Waals surface area contributed by atoms with E-state index in [0.717, 1.165) is 10.5 Å². The van der Waals surface area contributed by atoms with Crippen LogP contribution in [0.2, 0.25) is 0 Å². The van der Waals surface area contributed by atoms with Gasteiger partial charge in [0.2, 0.25) is 5.91 Å². The third kappa shape index (κ3) is 2.38. The van der Waals surface area contributed by atoms with Crippen molar-refractivity contribution in [2.24, 2.45) is 0 Å². The summed E-state index contributed by atoms with van der Waals surface area (Å²) in [4.78, 5) is 25.4. The van der Waals surface area contributed by atoms with E-state index >= 15 is 0 Å². The van der Waals surface area contributed by atoms with E-state index in [1.165, 1.54) is 18.2 Å². The summed E-state index contributed by atoms with van der Waals surface area (Å²) in [5.41, 5.74) is 0.768. The molecule has 3 amide bonds. The van der Waals surface area contributed by atoms with E-state index in [9.17, 15) is 14.0 Å². The smallest absolute Gasteiger partial charge is 0.328 e. The number of imide groups is 1. The lowest BCUT2D eigenvalue weighted by molar-refractivity contribution is -0.119. The number of para-hydroxylation sites is 1. The van der Waals surface area contributed by atoms with Gasteiger partial charge in [0.1, 0.15) is 5.82 Å². The highest BCUT2D eigenvalue weighted by Crippen LogP contribution is 2.27. The van der Waals surface area contributed by atoms with Crippen LogP contribution in [0, 0.1) is 5.82 Å². The summed E-state index contributed by atoms with van der Waals surface area (Å²) >= 11 is 0. The van der Waals surface area contributed by atoms with Crippen LogP contribution in [-0.2, 0) is 4.79 Å². The van der Waals surface area contributed by atoms with Gasteiger partial charge < -0.3 is 5.32 Å². The van der Waals surface area contributed by atoms with Crippen LogP contribution < -0.4 is 10.2 Å². The van der Waals surface area contributed by atoms with Gasteiger partial charge in [-0.2, -0.15) is 0 Å². The summed E-state index contributed by atoms with van der Waals surface area (Å²) in [7, 11) is 0. The van der Waals surface area contributed by atoms with Gasteiger partial charge in [0.15, 0.2) is 0 Å². The lowest BCUT2D eigenvalue weighted by Crippen LogP contribution is -2.54. The normalized spacial score (nSPS) is 18.5. The molecule has 1 heterocycles. The Morgan fingerprint density at radius 2 is 1.67 bits per heavy atom. The number of anilines is 1. The molecule has 0 spiro atoms. The molecule has 1 unspecified atom stereocenters. The SMILES string of the molecule is O=C1NCC(c2ccccc2)C(=O)N1c1ccccc1F. The van der Waals surface area contributed by atoms with Gasteiger partial charge >= 0.3 is 6.03 Å². The van der Waals surface area contributed by atoms with Gasteiger partial charge in [-0.15, -0.1) is 0 Å². The van der Waals surface area contributed by atoms with Crippen LogP contribution in [0.4, 0.5) is 14.9 Å². The molecule has 106 valence electrons. The van der Waals surface area contributed by atoms with E-state index in [1.54, 1.807) is 6.07 Å². The molecule has 0 aliphatic carbocycles. The minimum absolute atomic E-state index is 0.0272. The highest BCUT2D eigenvalue weighted by atomic mass is 19.1.